The van der Waals surface area contributed by atoms with E-state index in [1.165, 1.54) is 12.0 Å². The number of aliphatic hydroxyl groups excluding tert-OH is 1. The minimum atomic E-state index is -0.446. The molecule has 1 aromatic rings. The van der Waals surface area contributed by atoms with Crippen LogP contribution in [0.2, 0.25) is 0 Å². The van der Waals surface area contributed by atoms with Crippen LogP contribution in [0.1, 0.15) is 49.3 Å². The molecule has 2 unspecified atom stereocenters. The van der Waals surface area contributed by atoms with Crippen LogP contribution in [0.5, 0.6) is 0 Å². The Kier molecular flexibility index (Phi) is 3.61. The molecule has 2 atom stereocenters. The second-order valence-electron chi connectivity index (χ2n) is 5.71. The molecule has 1 aliphatic carbocycles. The highest BCUT2D eigenvalue weighted by Gasteiger charge is 2.48. The van der Waals surface area contributed by atoms with Gasteiger partial charge in [0.2, 0.25) is 0 Å². The van der Waals surface area contributed by atoms with Crippen LogP contribution < -0.4 is 0 Å². The molecular formula is C16H22O3. The van der Waals surface area contributed by atoms with Gasteiger partial charge in [-0.25, -0.2) is 0 Å². The van der Waals surface area contributed by atoms with Gasteiger partial charge in [0, 0.05) is 12.8 Å². The lowest BCUT2D eigenvalue weighted by Gasteiger charge is -2.32. The standard InChI is InChI=1S/C16H22O3/c1-12-7-3-4-8-13(12)15-14(11-17)18-16(19-15)9-5-2-6-10-16/h3-4,7-8,14-15,17H,2,5-6,9-11H2,1H3. The smallest absolute Gasteiger partial charge is 0.169 e. The number of aryl methyl sites for hydroxylation is 1. The zero-order valence-corrected chi connectivity index (χ0v) is 11.5. The molecule has 1 heterocycles. The first-order chi connectivity index (χ1) is 9.24. The van der Waals surface area contributed by atoms with E-state index in [-0.39, 0.29) is 18.8 Å². The molecule has 0 bridgehead atoms. The molecule has 1 saturated heterocycles. The van der Waals surface area contributed by atoms with E-state index >= 15 is 0 Å². The number of benzene rings is 1. The number of rotatable bonds is 2. The van der Waals surface area contributed by atoms with Crippen LogP contribution >= 0.6 is 0 Å². The summed E-state index contributed by atoms with van der Waals surface area (Å²) in [5.74, 6) is -0.446. The van der Waals surface area contributed by atoms with E-state index in [1.54, 1.807) is 0 Å². The molecule has 1 spiro atoms. The maximum absolute atomic E-state index is 9.60. The zero-order valence-electron chi connectivity index (χ0n) is 11.5. The second kappa shape index (κ2) is 5.23. The third-order valence-corrected chi connectivity index (χ3v) is 4.34. The van der Waals surface area contributed by atoms with Crippen LogP contribution in [0.15, 0.2) is 24.3 Å². The summed E-state index contributed by atoms with van der Waals surface area (Å²) >= 11 is 0. The highest BCUT2D eigenvalue weighted by atomic mass is 16.8. The molecule has 19 heavy (non-hydrogen) atoms. The lowest BCUT2D eigenvalue weighted by molar-refractivity contribution is -0.196. The predicted molar refractivity (Wildman–Crippen MR) is 72.8 cm³/mol. The van der Waals surface area contributed by atoms with E-state index in [2.05, 4.69) is 19.1 Å². The Labute approximate surface area is 114 Å². The molecule has 2 aliphatic rings. The monoisotopic (exact) mass is 262 g/mol. The van der Waals surface area contributed by atoms with Crippen molar-refractivity contribution in [1.29, 1.82) is 0 Å². The van der Waals surface area contributed by atoms with Crippen molar-refractivity contribution in [3.05, 3.63) is 35.4 Å². The molecule has 1 aromatic carbocycles. The molecule has 104 valence electrons. The Morgan fingerprint density at radius 3 is 2.58 bits per heavy atom. The summed E-state index contributed by atoms with van der Waals surface area (Å²) < 4.78 is 12.4. The molecule has 3 heteroatoms. The Morgan fingerprint density at radius 2 is 1.89 bits per heavy atom. The van der Waals surface area contributed by atoms with Crippen LogP contribution in [0, 0.1) is 6.92 Å². The molecule has 2 fully saturated rings. The highest BCUT2D eigenvalue weighted by Crippen LogP contribution is 2.46. The van der Waals surface area contributed by atoms with Crippen molar-refractivity contribution in [2.45, 2.75) is 57.0 Å². The van der Waals surface area contributed by atoms with Crippen LogP contribution in [0.3, 0.4) is 0 Å². The van der Waals surface area contributed by atoms with Gasteiger partial charge in [-0.15, -0.1) is 0 Å². The Morgan fingerprint density at radius 1 is 1.16 bits per heavy atom. The van der Waals surface area contributed by atoms with Crippen molar-refractivity contribution in [1.82, 2.24) is 0 Å². The summed E-state index contributed by atoms with van der Waals surface area (Å²) in [5.41, 5.74) is 2.34. The largest absolute Gasteiger partial charge is 0.394 e. The van der Waals surface area contributed by atoms with Crippen LogP contribution in [-0.4, -0.2) is 23.6 Å². The van der Waals surface area contributed by atoms with Crippen LogP contribution in [0.4, 0.5) is 0 Å². The molecule has 1 saturated carbocycles. The molecule has 1 aliphatic heterocycles. The number of aliphatic hydroxyl groups is 1. The van der Waals surface area contributed by atoms with Crippen molar-refractivity contribution in [3.8, 4) is 0 Å². The first kappa shape index (κ1) is 13.1. The number of hydrogen-bond acceptors (Lipinski definition) is 3. The molecule has 1 N–H and O–H groups in total. The van der Waals surface area contributed by atoms with Gasteiger partial charge < -0.3 is 14.6 Å². The van der Waals surface area contributed by atoms with Crippen LogP contribution in [0.25, 0.3) is 0 Å². The van der Waals surface area contributed by atoms with Gasteiger partial charge in [0.25, 0.3) is 0 Å². The van der Waals surface area contributed by atoms with E-state index in [1.807, 2.05) is 12.1 Å². The first-order valence-electron chi connectivity index (χ1n) is 7.26. The minimum Gasteiger partial charge on any atom is -0.394 e. The Bertz CT molecular complexity index is 437. The van der Waals surface area contributed by atoms with Gasteiger partial charge in [-0.3, -0.25) is 0 Å². The molecule has 0 radical (unpaired) electrons. The third-order valence-electron chi connectivity index (χ3n) is 4.34. The van der Waals surface area contributed by atoms with Gasteiger partial charge in [-0.05, 0) is 30.9 Å². The van der Waals surface area contributed by atoms with Crippen LogP contribution in [-0.2, 0) is 9.47 Å². The number of ether oxygens (including phenoxy) is 2. The maximum Gasteiger partial charge on any atom is 0.169 e. The highest BCUT2D eigenvalue weighted by molar-refractivity contribution is 5.29. The summed E-state index contributed by atoms with van der Waals surface area (Å²) in [7, 11) is 0. The lowest BCUT2D eigenvalue weighted by Crippen LogP contribution is -2.33. The fourth-order valence-corrected chi connectivity index (χ4v) is 3.30. The first-order valence-corrected chi connectivity index (χ1v) is 7.26. The van der Waals surface area contributed by atoms with Crippen molar-refractivity contribution < 1.29 is 14.6 Å². The minimum absolute atomic E-state index is 0.0146. The SMILES string of the molecule is Cc1ccccc1C1OC2(CCCCC2)OC1CO. The average Bonchev–Trinajstić information content (AvgIpc) is 2.78. The summed E-state index contributed by atoms with van der Waals surface area (Å²) in [6.07, 6.45) is 5.09. The van der Waals surface area contributed by atoms with Gasteiger partial charge in [0.05, 0.1) is 6.61 Å². The van der Waals surface area contributed by atoms with Crippen molar-refractivity contribution >= 4 is 0 Å². The summed E-state index contributed by atoms with van der Waals surface area (Å²) in [6, 6.07) is 8.21. The lowest BCUT2D eigenvalue weighted by atomic mass is 9.94. The third kappa shape index (κ3) is 2.42. The normalized spacial score (nSPS) is 29.8. The molecule has 0 amide bonds. The average molecular weight is 262 g/mol. The van der Waals surface area contributed by atoms with Gasteiger partial charge in [-0.1, -0.05) is 30.7 Å². The number of hydrogen-bond donors (Lipinski definition) is 1. The fraction of sp³-hybridized carbons (Fsp3) is 0.625. The van der Waals surface area contributed by atoms with Gasteiger partial charge in [-0.2, -0.15) is 0 Å². The van der Waals surface area contributed by atoms with Gasteiger partial charge in [0.1, 0.15) is 12.2 Å². The topological polar surface area (TPSA) is 38.7 Å². The van der Waals surface area contributed by atoms with Crippen molar-refractivity contribution in [2.75, 3.05) is 6.61 Å². The van der Waals surface area contributed by atoms with E-state index in [0.29, 0.717) is 0 Å². The summed E-state index contributed by atoms with van der Waals surface area (Å²) in [5, 5.41) is 9.60. The quantitative estimate of drug-likeness (QED) is 0.890. The van der Waals surface area contributed by atoms with Gasteiger partial charge in [0.15, 0.2) is 5.79 Å². The Hall–Kier alpha value is -0.900. The predicted octanol–water partition coefficient (Wildman–Crippen LogP) is 3.10. The summed E-state index contributed by atoms with van der Waals surface area (Å²) in [4.78, 5) is 0. The Balaban J connectivity index is 1.87. The van der Waals surface area contributed by atoms with E-state index in [9.17, 15) is 5.11 Å². The van der Waals surface area contributed by atoms with Gasteiger partial charge >= 0.3 is 0 Å². The molecular weight excluding hydrogens is 240 g/mol. The molecule has 3 nitrogen and oxygen atoms in total. The van der Waals surface area contributed by atoms with E-state index < -0.39 is 5.79 Å². The fourth-order valence-electron chi connectivity index (χ4n) is 3.30. The van der Waals surface area contributed by atoms with E-state index in [0.717, 1.165) is 31.2 Å². The molecule has 0 aromatic heterocycles. The van der Waals surface area contributed by atoms with Crippen molar-refractivity contribution in [3.63, 3.8) is 0 Å². The molecule has 3 rings (SSSR count). The maximum atomic E-state index is 9.60. The summed E-state index contributed by atoms with van der Waals surface area (Å²) in [6.45, 7) is 2.10. The zero-order chi connectivity index (χ0) is 13.3. The second-order valence-corrected chi connectivity index (χ2v) is 5.71. The van der Waals surface area contributed by atoms with Crippen molar-refractivity contribution in [2.24, 2.45) is 0 Å². The van der Waals surface area contributed by atoms with E-state index in [4.69, 9.17) is 9.47 Å².